The first-order valence-electron chi connectivity index (χ1n) is 5.97. The van der Waals surface area contributed by atoms with Crippen LogP contribution >= 0.6 is 15.9 Å². The SMILES string of the molecule is CNC(C)c1ccc(-c2cc(C(F)(F)F)ccc2Br)o1. The van der Waals surface area contributed by atoms with Crippen molar-refractivity contribution < 1.29 is 17.6 Å². The topological polar surface area (TPSA) is 25.2 Å². The van der Waals surface area contributed by atoms with Gasteiger partial charge in [-0.15, -0.1) is 0 Å². The number of hydrogen-bond acceptors (Lipinski definition) is 2. The predicted molar refractivity (Wildman–Crippen MR) is 74.3 cm³/mol. The number of rotatable bonds is 3. The van der Waals surface area contributed by atoms with Gasteiger partial charge in [-0.05, 0) is 44.3 Å². The molecular formula is C14H13BrF3NO. The van der Waals surface area contributed by atoms with Crippen LogP contribution in [0.3, 0.4) is 0 Å². The highest BCUT2D eigenvalue weighted by Gasteiger charge is 2.31. The zero-order valence-corrected chi connectivity index (χ0v) is 12.5. The number of hydrogen-bond donors (Lipinski definition) is 1. The molecule has 0 spiro atoms. The van der Waals surface area contributed by atoms with Gasteiger partial charge in [-0.1, -0.05) is 15.9 Å². The number of nitrogens with one attached hydrogen (secondary N) is 1. The second kappa shape index (κ2) is 5.61. The van der Waals surface area contributed by atoms with Gasteiger partial charge in [0.25, 0.3) is 0 Å². The van der Waals surface area contributed by atoms with Gasteiger partial charge in [0, 0.05) is 10.0 Å². The van der Waals surface area contributed by atoms with Gasteiger partial charge in [-0.2, -0.15) is 13.2 Å². The monoisotopic (exact) mass is 347 g/mol. The van der Waals surface area contributed by atoms with Crippen LogP contribution < -0.4 is 5.32 Å². The van der Waals surface area contributed by atoms with E-state index in [-0.39, 0.29) is 6.04 Å². The molecule has 0 aliphatic heterocycles. The molecule has 0 saturated heterocycles. The third-order valence-corrected chi connectivity index (χ3v) is 3.74. The van der Waals surface area contributed by atoms with E-state index < -0.39 is 11.7 Å². The Morgan fingerprint density at radius 2 is 1.90 bits per heavy atom. The van der Waals surface area contributed by atoms with Crippen molar-refractivity contribution in [2.45, 2.75) is 19.1 Å². The second-order valence-electron chi connectivity index (χ2n) is 4.40. The summed E-state index contributed by atoms with van der Waals surface area (Å²) >= 11 is 3.25. The Kier molecular flexibility index (Phi) is 4.25. The molecule has 1 aromatic carbocycles. The lowest BCUT2D eigenvalue weighted by molar-refractivity contribution is -0.137. The van der Waals surface area contributed by atoms with E-state index >= 15 is 0 Å². The zero-order chi connectivity index (χ0) is 14.9. The molecule has 1 unspecified atom stereocenters. The van der Waals surface area contributed by atoms with Crippen molar-refractivity contribution >= 4 is 15.9 Å². The van der Waals surface area contributed by atoms with Gasteiger partial charge < -0.3 is 9.73 Å². The molecule has 0 aliphatic carbocycles. The van der Waals surface area contributed by atoms with E-state index in [4.69, 9.17) is 4.42 Å². The zero-order valence-electron chi connectivity index (χ0n) is 10.9. The molecule has 0 aliphatic rings. The fourth-order valence-electron chi connectivity index (χ4n) is 1.76. The normalized spacial score (nSPS) is 13.5. The number of halogens is 4. The van der Waals surface area contributed by atoms with E-state index in [2.05, 4.69) is 21.2 Å². The number of benzene rings is 1. The van der Waals surface area contributed by atoms with E-state index in [0.29, 0.717) is 21.6 Å². The summed E-state index contributed by atoms with van der Waals surface area (Å²) in [4.78, 5) is 0. The summed E-state index contributed by atoms with van der Waals surface area (Å²) in [6.45, 7) is 1.91. The van der Waals surface area contributed by atoms with E-state index in [0.717, 1.165) is 12.1 Å². The first-order valence-corrected chi connectivity index (χ1v) is 6.76. The summed E-state index contributed by atoms with van der Waals surface area (Å²) in [5.74, 6) is 1.08. The van der Waals surface area contributed by atoms with Crippen LogP contribution in [0.15, 0.2) is 39.2 Å². The van der Waals surface area contributed by atoms with Crippen LogP contribution in [0.1, 0.15) is 24.3 Å². The first-order chi connectivity index (χ1) is 9.32. The molecule has 2 rings (SSSR count). The maximum atomic E-state index is 12.7. The fraction of sp³-hybridized carbons (Fsp3) is 0.286. The molecule has 1 heterocycles. The van der Waals surface area contributed by atoms with Crippen molar-refractivity contribution in [2.75, 3.05) is 7.05 Å². The molecule has 20 heavy (non-hydrogen) atoms. The fourth-order valence-corrected chi connectivity index (χ4v) is 2.21. The summed E-state index contributed by atoms with van der Waals surface area (Å²) in [6, 6.07) is 6.91. The number of alkyl halides is 3. The van der Waals surface area contributed by atoms with Crippen LogP contribution in [-0.4, -0.2) is 7.05 Å². The lowest BCUT2D eigenvalue weighted by atomic mass is 10.1. The molecular weight excluding hydrogens is 335 g/mol. The average molecular weight is 348 g/mol. The highest BCUT2D eigenvalue weighted by molar-refractivity contribution is 9.10. The van der Waals surface area contributed by atoms with E-state index in [1.807, 2.05) is 6.92 Å². The second-order valence-corrected chi connectivity index (χ2v) is 5.26. The van der Waals surface area contributed by atoms with E-state index in [1.165, 1.54) is 6.07 Å². The minimum absolute atomic E-state index is 0.00618. The van der Waals surface area contributed by atoms with Crippen LogP contribution in [-0.2, 0) is 6.18 Å². The minimum Gasteiger partial charge on any atom is -0.459 e. The van der Waals surface area contributed by atoms with Crippen molar-refractivity contribution in [1.29, 1.82) is 0 Å². The maximum absolute atomic E-state index is 12.7. The summed E-state index contributed by atoms with van der Waals surface area (Å²) in [7, 11) is 1.78. The summed E-state index contributed by atoms with van der Waals surface area (Å²) in [5.41, 5.74) is -0.315. The Morgan fingerprint density at radius 1 is 1.20 bits per heavy atom. The largest absolute Gasteiger partial charge is 0.459 e. The Morgan fingerprint density at radius 3 is 2.50 bits per heavy atom. The molecule has 0 saturated carbocycles. The summed E-state index contributed by atoms with van der Waals surface area (Å²) < 4.78 is 44.4. The molecule has 2 aromatic rings. The Labute approximate surface area is 123 Å². The van der Waals surface area contributed by atoms with Crippen LogP contribution in [0.2, 0.25) is 0 Å². The summed E-state index contributed by atoms with van der Waals surface area (Å²) in [5, 5.41) is 3.01. The third-order valence-electron chi connectivity index (χ3n) is 3.05. The van der Waals surface area contributed by atoms with E-state index in [9.17, 15) is 13.2 Å². The number of furan rings is 1. The van der Waals surface area contributed by atoms with Gasteiger partial charge >= 0.3 is 6.18 Å². The van der Waals surface area contributed by atoms with Gasteiger partial charge in [0.05, 0.1) is 11.6 Å². The van der Waals surface area contributed by atoms with Crippen LogP contribution in [0.25, 0.3) is 11.3 Å². The van der Waals surface area contributed by atoms with Gasteiger partial charge in [-0.3, -0.25) is 0 Å². The van der Waals surface area contributed by atoms with Crippen molar-refractivity contribution in [1.82, 2.24) is 5.32 Å². The molecule has 1 aromatic heterocycles. The molecule has 108 valence electrons. The highest BCUT2D eigenvalue weighted by atomic mass is 79.9. The molecule has 0 radical (unpaired) electrons. The van der Waals surface area contributed by atoms with Gasteiger partial charge in [0.2, 0.25) is 0 Å². The van der Waals surface area contributed by atoms with Crippen LogP contribution in [0.4, 0.5) is 13.2 Å². The maximum Gasteiger partial charge on any atom is 0.416 e. The Balaban J connectivity index is 2.44. The van der Waals surface area contributed by atoms with Crippen molar-refractivity contribution in [3.63, 3.8) is 0 Å². The van der Waals surface area contributed by atoms with Crippen LogP contribution in [0, 0.1) is 0 Å². The smallest absolute Gasteiger partial charge is 0.416 e. The van der Waals surface area contributed by atoms with Crippen LogP contribution in [0.5, 0.6) is 0 Å². The van der Waals surface area contributed by atoms with Gasteiger partial charge in [0.1, 0.15) is 11.5 Å². The molecule has 1 atom stereocenters. The Bertz CT molecular complexity index is 607. The van der Waals surface area contributed by atoms with Gasteiger partial charge in [0.15, 0.2) is 0 Å². The minimum atomic E-state index is -4.37. The lowest BCUT2D eigenvalue weighted by Gasteiger charge is -2.10. The molecule has 0 fully saturated rings. The quantitative estimate of drug-likeness (QED) is 0.844. The Hall–Kier alpha value is -1.27. The molecule has 2 nitrogen and oxygen atoms in total. The van der Waals surface area contributed by atoms with Crippen molar-refractivity contribution in [3.05, 3.63) is 46.1 Å². The molecule has 0 bridgehead atoms. The van der Waals surface area contributed by atoms with Crippen molar-refractivity contribution in [2.24, 2.45) is 0 Å². The standard InChI is InChI=1S/C14H13BrF3NO/c1-8(19-2)12-5-6-13(20-12)10-7-9(14(16,17)18)3-4-11(10)15/h3-8,19H,1-2H3. The lowest BCUT2D eigenvalue weighted by Crippen LogP contribution is -2.11. The average Bonchev–Trinajstić information content (AvgIpc) is 2.86. The molecule has 1 N–H and O–H groups in total. The van der Waals surface area contributed by atoms with Crippen molar-refractivity contribution in [3.8, 4) is 11.3 Å². The summed E-state index contributed by atoms with van der Waals surface area (Å²) in [6.07, 6.45) is -4.37. The molecule has 0 amide bonds. The first kappa shape index (κ1) is 15.1. The molecule has 6 heteroatoms. The predicted octanol–water partition coefficient (Wildman–Crippen LogP) is 5.01. The third kappa shape index (κ3) is 3.07. The van der Waals surface area contributed by atoms with E-state index in [1.54, 1.807) is 19.2 Å². The highest BCUT2D eigenvalue weighted by Crippen LogP contribution is 2.37. The van der Waals surface area contributed by atoms with Gasteiger partial charge in [-0.25, -0.2) is 0 Å².